The molecule has 0 radical (unpaired) electrons. The number of hydrogen-bond acceptors (Lipinski definition) is 5. The van der Waals surface area contributed by atoms with Crippen LogP contribution in [0, 0.1) is 0 Å². The van der Waals surface area contributed by atoms with E-state index < -0.39 is 11.7 Å². The van der Waals surface area contributed by atoms with Crippen LogP contribution in [0.4, 0.5) is 4.79 Å². The first kappa shape index (κ1) is 19.0. The van der Waals surface area contributed by atoms with Gasteiger partial charge in [0.1, 0.15) is 5.60 Å². The fourth-order valence-corrected chi connectivity index (χ4v) is 1.91. The highest BCUT2D eigenvalue weighted by atomic mass is 16.6. The van der Waals surface area contributed by atoms with Crippen molar-refractivity contribution >= 4 is 6.09 Å². The average Bonchev–Trinajstić information content (AvgIpc) is 2.43. The molecule has 1 unspecified atom stereocenters. The SMILES string of the molecule is CC(CNC(=O)OC(C)(C)C)NCc1cn(C)c(=O)n(C)c1=O. The second-order valence-electron chi connectivity index (χ2n) is 6.58. The van der Waals surface area contributed by atoms with Gasteiger partial charge >= 0.3 is 11.8 Å². The number of ether oxygens (including phenoxy) is 1. The molecule has 0 aliphatic heterocycles. The van der Waals surface area contributed by atoms with Gasteiger partial charge in [-0.05, 0) is 27.7 Å². The Morgan fingerprint density at radius 2 is 1.91 bits per heavy atom. The Bertz CT molecular complexity index is 670. The maximum Gasteiger partial charge on any atom is 0.407 e. The Hall–Kier alpha value is -2.09. The van der Waals surface area contributed by atoms with E-state index in [1.807, 2.05) is 6.92 Å². The lowest BCUT2D eigenvalue weighted by molar-refractivity contribution is 0.0523. The summed E-state index contributed by atoms with van der Waals surface area (Å²) in [5, 5.41) is 5.79. The number of carbonyl (C=O) groups is 1. The molecule has 0 saturated carbocycles. The minimum atomic E-state index is -0.540. The highest BCUT2D eigenvalue weighted by Gasteiger charge is 2.16. The maximum atomic E-state index is 12.0. The van der Waals surface area contributed by atoms with E-state index in [-0.39, 0.29) is 17.3 Å². The first-order valence-electron chi connectivity index (χ1n) is 7.47. The van der Waals surface area contributed by atoms with Crippen molar-refractivity contribution in [3.63, 3.8) is 0 Å². The lowest BCUT2D eigenvalue weighted by Gasteiger charge is -2.21. The van der Waals surface area contributed by atoms with Crippen LogP contribution in [0.2, 0.25) is 0 Å². The first-order chi connectivity index (χ1) is 10.5. The van der Waals surface area contributed by atoms with Crippen LogP contribution in [0.3, 0.4) is 0 Å². The Kier molecular flexibility index (Phi) is 6.14. The van der Waals surface area contributed by atoms with Crippen molar-refractivity contribution in [3.05, 3.63) is 32.6 Å². The summed E-state index contributed by atoms with van der Waals surface area (Å²) in [6, 6.07) is -0.0653. The number of hydrogen-bond donors (Lipinski definition) is 2. The summed E-state index contributed by atoms with van der Waals surface area (Å²) in [5.74, 6) is 0. The van der Waals surface area contributed by atoms with E-state index in [1.54, 1.807) is 27.8 Å². The molecule has 1 aromatic heterocycles. The van der Waals surface area contributed by atoms with Gasteiger partial charge in [-0.3, -0.25) is 9.36 Å². The summed E-state index contributed by atoms with van der Waals surface area (Å²) < 4.78 is 7.58. The van der Waals surface area contributed by atoms with Gasteiger partial charge in [0, 0.05) is 45.0 Å². The predicted octanol–water partition coefficient (Wildman–Crippen LogP) is 0.0868. The van der Waals surface area contributed by atoms with Gasteiger partial charge in [-0.15, -0.1) is 0 Å². The predicted molar refractivity (Wildman–Crippen MR) is 87.5 cm³/mol. The molecule has 1 atom stereocenters. The van der Waals surface area contributed by atoms with Crippen LogP contribution < -0.4 is 21.9 Å². The van der Waals surface area contributed by atoms with Crippen molar-refractivity contribution in [3.8, 4) is 0 Å². The summed E-state index contributed by atoms with van der Waals surface area (Å²) in [7, 11) is 3.04. The van der Waals surface area contributed by atoms with Crippen LogP contribution in [-0.4, -0.2) is 33.4 Å². The van der Waals surface area contributed by atoms with E-state index in [1.165, 1.54) is 17.8 Å². The number of alkyl carbamates (subject to hydrolysis) is 1. The highest BCUT2D eigenvalue weighted by molar-refractivity contribution is 5.67. The molecule has 8 nitrogen and oxygen atoms in total. The van der Waals surface area contributed by atoms with Gasteiger partial charge in [0.2, 0.25) is 0 Å². The van der Waals surface area contributed by atoms with Crippen LogP contribution in [0.25, 0.3) is 0 Å². The molecule has 1 aromatic rings. The number of rotatable bonds is 5. The monoisotopic (exact) mass is 326 g/mol. The molecule has 1 amide bonds. The van der Waals surface area contributed by atoms with Crippen LogP contribution in [0.1, 0.15) is 33.3 Å². The zero-order valence-electron chi connectivity index (χ0n) is 14.6. The average molecular weight is 326 g/mol. The Morgan fingerprint density at radius 3 is 2.48 bits per heavy atom. The molecule has 0 aliphatic rings. The molecule has 130 valence electrons. The number of nitrogens with one attached hydrogen (secondary N) is 2. The zero-order chi connectivity index (χ0) is 17.8. The van der Waals surface area contributed by atoms with Crippen LogP contribution in [-0.2, 0) is 25.4 Å². The molecule has 2 N–H and O–H groups in total. The second kappa shape index (κ2) is 7.45. The number of aryl methyl sites for hydroxylation is 1. The largest absolute Gasteiger partial charge is 0.444 e. The quantitative estimate of drug-likeness (QED) is 0.799. The van der Waals surface area contributed by atoms with Gasteiger partial charge in [0.25, 0.3) is 5.56 Å². The molecule has 23 heavy (non-hydrogen) atoms. The fraction of sp³-hybridized carbons (Fsp3) is 0.667. The third-order valence-corrected chi connectivity index (χ3v) is 3.11. The van der Waals surface area contributed by atoms with Crippen LogP contribution in [0.5, 0.6) is 0 Å². The Labute approximate surface area is 135 Å². The molecular weight excluding hydrogens is 300 g/mol. The lowest BCUT2D eigenvalue weighted by Crippen LogP contribution is -2.43. The minimum Gasteiger partial charge on any atom is -0.444 e. The molecular formula is C15H26N4O4. The van der Waals surface area contributed by atoms with Crippen molar-refractivity contribution in [2.75, 3.05) is 6.54 Å². The molecule has 1 rings (SSSR count). The first-order valence-corrected chi connectivity index (χ1v) is 7.47. The van der Waals surface area contributed by atoms with Gasteiger partial charge in [-0.2, -0.15) is 0 Å². The standard InChI is InChI=1S/C15H26N4O4/c1-10(7-17-13(21)23-15(2,3)4)16-8-11-9-18(5)14(22)19(6)12(11)20/h9-10,16H,7-8H2,1-6H3,(H,17,21). The summed E-state index contributed by atoms with van der Waals surface area (Å²) in [4.78, 5) is 35.2. The number of aromatic nitrogens is 2. The smallest absolute Gasteiger partial charge is 0.407 e. The molecule has 8 heteroatoms. The number of amides is 1. The zero-order valence-corrected chi connectivity index (χ0v) is 14.6. The topological polar surface area (TPSA) is 94.4 Å². The van der Waals surface area contributed by atoms with E-state index in [0.29, 0.717) is 18.7 Å². The molecule has 0 saturated heterocycles. The normalized spacial score (nSPS) is 12.8. The summed E-state index contributed by atoms with van der Waals surface area (Å²) in [6.07, 6.45) is 1.04. The van der Waals surface area contributed by atoms with E-state index >= 15 is 0 Å². The van der Waals surface area contributed by atoms with E-state index in [0.717, 1.165) is 4.57 Å². The number of carbonyl (C=O) groups excluding carboxylic acids is 1. The molecule has 0 fully saturated rings. The second-order valence-corrected chi connectivity index (χ2v) is 6.58. The highest BCUT2D eigenvalue weighted by Crippen LogP contribution is 2.06. The van der Waals surface area contributed by atoms with Crippen LogP contribution in [0.15, 0.2) is 15.8 Å². The van der Waals surface area contributed by atoms with Crippen molar-refractivity contribution in [2.24, 2.45) is 14.1 Å². The summed E-state index contributed by atoms with van der Waals surface area (Å²) in [5.41, 5.74) is -0.744. The van der Waals surface area contributed by atoms with Gasteiger partial charge < -0.3 is 19.9 Å². The fourth-order valence-electron chi connectivity index (χ4n) is 1.91. The maximum absolute atomic E-state index is 12.0. The summed E-state index contributed by atoms with van der Waals surface area (Å²) >= 11 is 0. The molecule has 0 spiro atoms. The molecule has 0 aliphatic carbocycles. The third kappa shape index (κ3) is 5.90. The van der Waals surface area contributed by atoms with Gasteiger partial charge in [-0.25, -0.2) is 9.59 Å². The number of nitrogens with zero attached hydrogens (tertiary/aromatic N) is 2. The van der Waals surface area contributed by atoms with Gasteiger partial charge in [0.15, 0.2) is 0 Å². The summed E-state index contributed by atoms with van der Waals surface area (Å²) in [6.45, 7) is 7.93. The van der Waals surface area contributed by atoms with Crippen molar-refractivity contribution < 1.29 is 9.53 Å². The minimum absolute atomic E-state index is 0.0653. The Balaban J connectivity index is 2.55. The van der Waals surface area contributed by atoms with E-state index in [9.17, 15) is 14.4 Å². The van der Waals surface area contributed by atoms with E-state index in [2.05, 4.69) is 10.6 Å². The van der Waals surface area contributed by atoms with E-state index in [4.69, 9.17) is 4.74 Å². The van der Waals surface area contributed by atoms with Gasteiger partial charge in [0.05, 0.1) is 0 Å². The van der Waals surface area contributed by atoms with Crippen molar-refractivity contribution in [1.29, 1.82) is 0 Å². The third-order valence-electron chi connectivity index (χ3n) is 3.11. The molecule has 0 aromatic carbocycles. The van der Waals surface area contributed by atoms with Crippen molar-refractivity contribution in [2.45, 2.75) is 45.9 Å². The van der Waals surface area contributed by atoms with Crippen LogP contribution >= 0.6 is 0 Å². The van der Waals surface area contributed by atoms with Crippen molar-refractivity contribution in [1.82, 2.24) is 19.8 Å². The Morgan fingerprint density at radius 1 is 1.30 bits per heavy atom. The van der Waals surface area contributed by atoms with Gasteiger partial charge in [-0.1, -0.05) is 0 Å². The lowest BCUT2D eigenvalue weighted by atomic mass is 10.2. The molecule has 1 heterocycles. The molecule has 0 bridgehead atoms.